The topological polar surface area (TPSA) is 84.1 Å². The molecule has 0 aliphatic carbocycles. The van der Waals surface area contributed by atoms with Crippen LogP contribution in [0.1, 0.15) is 16.7 Å². The summed E-state index contributed by atoms with van der Waals surface area (Å²) in [6.45, 7) is 2.19. The minimum Gasteiger partial charge on any atom is -0.382 e. The van der Waals surface area contributed by atoms with Crippen LogP contribution in [0.2, 0.25) is 0 Å². The van der Waals surface area contributed by atoms with Crippen LogP contribution < -0.4 is 5.73 Å². The number of carbonyl (C=O) groups is 1. The second-order valence-electron chi connectivity index (χ2n) is 5.59. The molecule has 1 aromatic heterocycles. The average molecular weight is 306 g/mol. The molecule has 0 amide bonds. The summed E-state index contributed by atoms with van der Waals surface area (Å²) in [6, 6.07) is 13.7. The summed E-state index contributed by atoms with van der Waals surface area (Å²) in [7, 11) is 0. The number of aromatic amines is 1. The van der Waals surface area contributed by atoms with Crippen molar-refractivity contribution >= 4 is 28.7 Å². The SMILES string of the molecule is Cc1cccc(CC(=O)CN=Cc2ccc3[nH]nc(N)c3c2)c1. The van der Waals surface area contributed by atoms with Crippen molar-refractivity contribution < 1.29 is 4.79 Å². The van der Waals surface area contributed by atoms with Crippen LogP contribution in [-0.2, 0) is 11.2 Å². The quantitative estimate of drug-likeness (QED) is 0.711. The maximum absolute atomic E-state index is 12.0. The number of aromatic nitrogens is 2. The number of hydrogen-bond acceptors (Lipinski definition) is 4. The van der Waals surface area contributed by atoms with E-state index >= 15 is 0 Å². The molecule has 116 valence electrons. The second-order valence-corrected chi connectivity index (χ2v) is 5.59. The molecule has 3 rings (SSSR count). The summed E-state index contributed by atoms with van der Waals surface area (Å²) in [5, 5.41) is 7.66. The highest BCUT2D eigenvalue weighted by Gasteiger charge is 2.04. The van der Waals surface area contributed by atoms with Crippen molar-refractivity contribution in [3.8, 4) is 0 Å². The zero-order valence-electron chi connectivity index (χ0n) is 12.9. The Hall–Kier alpha value is -2.95. The van der Waals surface area contributed by atoms with E-state index in [-0.39, 0.29) is 12.3 Å². The van der Waals surface area contributed by atoms with E-state index < -0.39 is 0 Å². The van der Waals surface area contributed by atoms with Gasteiger partial charge in [-0.1, -0.05) is 35.9 Å². The van der Waals surface area contributed by atoms with E-state index in [4.69, 9.17) is 5.73 Å². The first-order chi connectivity index (χ1) is 11.1. The first-order valence-electron chi connectivity index (χ1n) is 7.42. The van der Waals surface area contributed by atoms with Gasteiger partial charge in [0, 0.05) is 18.0 Å². The van der Waals surface area contributed by atoms with Gasteiger partial charge < -0.3 is 5.73 Å². The van der Waals surface area contributed by atoms with Crippen molar-refractivity contribution in [3.63, 3.8) is 0 Å². The number of ketones is 1. The summed E-state index contributed by atoms with van der Waals surface area (Å²) in [6.07, 6.45) is 2.10. The highest BCUT2D eigenvalue weighted by molar-refractivity contribution is 5.94. The highest BCUT2D eigenvalue weighted by atomic mass is 16.1. The number of anilines is 1. The minimum absolute atomic E-state index is 0.0933. The Morgan fingerprint density at radius 2 is 2.17 bits per heavy atom. The molecule has 5 heteroatoms. The molecule has 5 nitrogen and oxygen atoms in total. The smallest absolute Gasteiger partial charge is 0.158 e. The van der Waals surface area contributed by atoms with Crippen LogP contribution in [0.3, 0.4) is 0 Å². The van der Waals surface area contributed by atoms with Gasteiger partial charge >= 0.3 is 0 Å². The molecule has 0 saturated heterocycles. The fourth-order valence-corrected chi connectivity index (χ4v) is 2.49. The highest BCUT2D eigenvalue weighted by Crippen LogP contribution is 2.18. The number of aryl methyl sites for hydroxylation is 1. The summed E-state index contributed by atoms with van der Waals surface area (Å²) in [4.78, 5) is 16.2. The van der Waals surface area contributed by atoms with Gasteiger partial charge in [0.25, 0.3) is 0 Å². The largest absolute Gasteiger partial charge is 0.382 e. The molecule has 0 spiro atoms. The van der Waals surface area contributed by atoms with Crippen LogP contribution in [0.15, 0.2) is 47.5 Å². The molecule has 0 bridgehead atoms. The zero-order chi connectivity index (χ0) is 16.2. The molecule has 3 N–H and O–H groups in total. The third-order valence-corrected chi connectivity index (χ3v) is 3.61. The standard InChI is InChI=1S/C18H18N4O/c1-12-3-2-4-13(7-12)8-15(23)11-20-10-14-5-6-17-16(9-14)18(19)22-21-17/h2-7,9-10H,8,11H2,1H3,(H3,19,21,22). The van der Waals surface area contributed by atoms with E-state index in [0.717, 1.165) is 27.6 Å². The Bertz CT molecular complexity index is 880. The monoisotopic (exact) mass is 306 g/mol. The van der Waals surface area contributed by atoms with Gasteiger partial charge in [0.1, 0.15) is 0 Å². The van der Waals surface area contributed by atoms with Crippen molar-refractivity contribution in [3.05, 3.63) is 59.2 Å². The van der Waals surface area contributed by atoms with Gasteiger partial charge in [0.05, 0.1) is 12.1 Å². The van der Waals surface area contributed by atoms with Crippen molar-refractivity contribution in [2.45, 2.75) is 13.3 Å². The van der Waals surface area contributed by atoms with Crippen molar-refractivity contribution in [1.29, 1.82) is 0 Å². The Morgan fingerprint density at radius 3 is 3.00 bits per heavy atom. The van der Waals surface area contributed by atoms with Gasteiger partial charge in [-0.3, -0.25) is 14.9 Å². The molecular weight excluding hydrogens is 288 g/mol. The molecule has 0 aliphatic rings. The third-order valence-electron chi connectivity index (χ3n) is 3.61. The molecule has 0 atom stereocenters. The van der Waals surface area contributed by atoms with Gasteiger partial charge in [0.2, 0.25) is 0 Å². The number of Topliss-reactive ketones (excluding diaryl/α,β-unsaturated/α-hetero) is 1. The van der Waals surface area contributed by atoms with Crippen LogP contribution in [0.25, 0.3) is 10.9 Å². The molecule has 3 aromatic rings. The number of nitrogens with two attached hydrogens (primary N) is 1. The Labute approximate surface area is 134 Å². The number of benzene rings is 2. The molecule has 23 heavy (non-hydrogen) atoms. The van der Waals surface area contributed by atoms with Crippen LogP contribution in [0, 0.1) is 6.92 Å². The number of nitrogens with one attached hydrogen (secondary N) is 1. The maximum Gasteiger partial charge on any atom is 0.158 e. The van der Waals surface area contributed by atoms with E-state index in [2.05, 4.69) is 15.2 Å². The minimum atomic E-state index is 0.0933. The lowest BCUT2D eigenvalue weighted by atomic mass is 10.1. The number of aliphatic imine (C=N–C) groups is 1. The summed E-state index contributed by atoms with van der Waals surface area (Å²) >= 11 is 0. The summed E-state index contributed by atoms with van der Waals surface area (Å²) in [5.41, 5.74) is 9.74. The summed E-state index contributed by atoms with van der Waals surface area (Å²) in [5.74, 6) is 0.557. The van der Waals surface area contributed by atoms with Crippen LogP contribution >= 0.6 is 0 Å². The Kier molecular flexibility index (Phi) is 4.19. The fraction of sp³-hybridized carbons (Fsp3) is 0.167. The predicted octanol–water partition coefficient (Wildman–Crippen LogP) is 2.68. The van der Waals surface area contributed by atoms with Crippen molar-refractivity contribution in [2.75, 3.05) is 12.3 Å². The van der Waals surface area contributed by atoms with Gasteiger partial charge in [0.15, 0.2) is 11.6 Å². The molecule has 0 radical (unpaired) electrons. The number of rotatable bonds is 5. The van der Waals surface area contributed by atoms with Crippen LogP contribution in [-0.4, -0.2) is 28.7 Å². The molecule has 1 heterocycles. The number of nitrogens with zero attached hydrogens (tertiary/aromatic N) is 2. The predicted molar refractivity (Wildman–Crippen MR) is 92.9 cm³/mol. The lowest BCUT2D eigenvalue weighted by Crippen LogP contribution is -2.06. The first-order valence-corrected chi connectivity index (χ1v) is 7.42. The van der Waals surface area contributed by atoms with Gasteiger partial charge in [-0.05, 0) is 30.2 Å². The lowest BCUT2D eigenvalue weighted by molar-refractivity contribution is -0.117. The molecule has 0 saturated carbocycles. The molecular formula is C18H18N4O. The van der Waals surface area contributed by atoms with Crippen LogP contribution in [0.4, 0.5) is 5.82 Å². The van der Waals surface area contributed by atoms with E-state index in [1.807, 2.05) is 49.4 Å². The van der Waals surface area contributed by atoms with Gasteiger partial charge in [-0.15, -0.1) is 0 Å². The summed E-state index contributed by atoms with van der Waals surface area (Å²) < 4.78 is 0. The fourth-order valence-electron chi connectivity index (χ4n) is 2.49. The van der Waals surface area contributed by atoms with Crippen LogP contribution in [0.5, 0.6) is 0 Å². The van der Waals surface area contributed by atoms with E-state index in [9.17, 15) is 4.79 Å². The van der Waals surface area contributed by atoms with Crippen molar-refractivity contribution in [1.82, 2.24) is 10.2 Å². The zero-order valence-corrected chi connectivity index (χ0v) is 12.9. The number of hydrogen-bond donors (Lipinski definition) is 2. The Balaban J connectivity index is 1.63. The Morgan fingerprint density at radius 1 is 1.30 bits per heavy atom. The van der Waals surface area contributed by atoms with Crippen molar-refractivity contribution in [2.24, 2.45) is 4.99 Å². The average Bonchev–Trinajstić information content (AvgIpc) is 2.88. The van der Waals surface area contributed by atoms with E-state index in [0.29, 0.717) is 12.2 Å². The number of H-pyrrole nitrogens is 1. The first kappa shape index (κ1) is 15.0. The third kappa shape index (κ3) is 3.63. The normalized spacial score (nSPS) is 11.3. The molecule has 0 unspecified atom stereocenters. The second kappa shape index (κ2) is 6.44. The van der Waals surface area contributed by atoms with Gasteiger partial charge in [-0.2, -0.15) is 5.10 Å². The van der Waals surface area contributed by atoms with E-state index in [1.54, 1.807) is 6.21 Å². The van der Waals surface area contributed by atoms with Gasteiger partial charge in [-0.25, -0.2) is 0 Å². The number of carbonyl (C=O) groups excluding carboxylic acids is 1. The lowest BCUT2D eigenvalue weighted by Gasteiger charge is -2.00. The molecule has 0 fully saturated rings. The number of nitrogen functional groups attached to an aromatic ring is 1. The van der Waals surface area contributed by atoms with E-state index in [1.165, 1.54) is 0 Å². The molecule has 0 aliphatic heterocycles. The maximum atomic E-state index is 12.0. The number of fused-ring (bicyclic) bond motifs is 1. The molecule has 2 aromatic carbocycles.